The molecule has 0 aliphatic heterocycles. The molecule has 3 heteroatoms. The summed E-state index contributed by atoms with van der Waals surface area (Å²) in [5.74, 6) is 0.821. The zero-order valence-electron chi connectivity index (χ0n) is 9.57. The second-order valence-electron chi connectivity index (χ2n) is 3.76. The summed E-state index contributed by atoms with van der Waals surface area (Å²) in [7, 11) is 1.89. The van der Waals surface area contributed by atoms with Crippen LogP contribution in [0.2, 0.25) is 0 Å². The van der Waals surface area contributed by atoms with Crippen molar-refractivity contribution >= 4 is 0 Å². The van der Waals surface area contributed by atoms with Crippen molar-refractivity contribution in [3.8, 4) is 11.3 Å². The maximum atomic E-state index is 4.50. The zero-order chi connectivity index (χ0) is 11.4. The lowest BCUT2D eigenvalue weighted by molar-refractivity contribution is 0.759. The third-order valence-corrected chi connectivity index (χ3v) is 2.35. The third-order valence-electron chi connectivity index (χ3n) is 2.35. The van der Waals surface area contributed by atoms with Crippen LogP contribution in [0.4, 0.5) is 0 Å². The second kappa shape index (κ2) is 4.86. The average molecular weight is 213 g/mol. The molecule has 2 aromatic rings. The second-order valence-corrected chi connectivity index (χ2v) is 3.76. The van der Waals surface area contributed by atoms with Crippen LogP contribution < -0.4 is 5.32 Å². The molecule has 0 unspecified atom stereocenters. The molecule has 2 rings (SSSR count). The molecule has 82 valence electrons. The number of rotatable bonds is 3. The topological polar surface area (TPSA) is 37.8 Å². The SMILES string of the molecule is CNCc1nccc(-c2cccc(C)c2)n1. The van der Waals surface area contributed by atoms with Gasteiger partial charge in [-0.15, -0.1) is 0 Å². The van der Waals surface area contributed by atoms with Gasteiger partial charge < -0.3 is 5.32 Å². The fraction of sp³-hybridized carbons (Fsp3) is 0.231. The summed E-state index contributed by atoms with van der Waals surface area (Å²) >= 11 is 0. The molecule has 0 amide bonds. The molecule has 16 heavy (non-hydrogen) atoms. The number of nitrogens with zero attached hydrogens (tertiary/aromatic N) is 2. The maximum absolute atomic E-state index is 4.50. The van der Waals surface area contributed by atoms with Crippen molar-refractivity contribution in [1.29, 1.82) is 0 Å². The van der Waals surface area contributed by atoms with E-state index >= 15 is 0 Å². The Balaban J connectivity index is 2.36. The minimum atomic E-state index is 0.694. The van der Waals surface area contributed by atoms with E-state index in [-0.39, 0.29) is 0 Å². The largest absolute Gasteiger partial charge is 0.313 e. The highest BCUT2D eigenvalue weighted by Gasteiger charge is 2.01. The van der Waals surface area contributed by atoms with Gasteiger partial charge in [-0.2, -0.15) is 0 Å². The zero-order valence-corrected chi connectivity index (χ0v) is 9.57. The first-order valence-electron chi connectivity index (χ1n) is 5.33. The maximum Gasteiger partial charge on any atom is 0.142 e. The average Bonchev–Trinajstić information content (AvgIpc) is 2.30. The molecule has 0 radical (unpaired) electrons. The molecular weight excluding hydrogens is 198 g/mol. The van der Waals surface area contributed by atoms with E-state index in [1.54, 1.807) is 6.20 Å². The molecule has 3 nitrogen and oxygen atoms in total. The van der Waals surface area contributed by atoms with Crippen molar-refractivity contribution in [1.82, 2.24) is 15.3 Å². The fourth-order valence-corrected chi connectivity index (χ4v) is 1.61. The third kappa shape index (κ3) is 2.44. The Labute approximate surface area is 95.6 Å². The van der Waals surface area contributed by atoms with E-state index in [1.807, 2.05) is 19.2 Å². The minimum absolute atomic E-state index is 0.694. The molecule has 1 N–H and O–H groups in total. The number of hydrogen-bond donors (Lipinski definition) is 1. The molecule has 0 saturated carbocycles. The molecule has 1 heterocycles. The summed E-state index contributed by atoms with van der Waals surface area (Å²) in [4.78, 5) is 8.70. The molecule has 0 aliphatic carbocycles. The Hall–Kier alpha value is -1.74. The van der Waals surface area contributed by atoms with E-state index in [1.165, 1.54) is 5.56 Å². The van der Waals surface area contributed by atoms with Crippen molar-refractivity contribution in [3.05, 3.63) is 47.9 Å². The van der Waals surface area contributed by atoms with Crippen LogP contribution >= 0.6 is 0 Å². The standard InChI is InChI=1S/C13H15N3/c1-10-4-3-5-11(8-10)12-6-7-15-13(16-12)9-14-2/h3-8,14H,9H2,1-2H3. The van der Waals surface area contributed by atoms with Gasteiger partial charge in [0.05, 0.1) is 12.2 Å². The van der Waals surface area contributed by atoms with Crippen LogP contribution in [0, 0.1) is 6.92 Å². The Morgan fingerprint density at radius 1 is 1.25 bits per heavy atom. The van der Waals surface area contributed by atoms with Gasteiger partial charge in [-0.3, -0.25) is 0 Å². The van der Waals surface area contributed by atoms with Gasteiger partial charge in [0.2, 0.25) is 0 Å². The van der Waals surface area contributed by atoms with Crippen LogP contribution in [0.3, 0.4) is 0 Å². The first-order chi connectivity index (χ1) is 7.79. The quantitative estimate of drug-likeness (QED) is 0.849. The number of hydrogen-bond acceptors (Lipinski definition) is 3. The van der Waals surface area contributed by atoms with Crippen molar-refractivity contribution < 1.29 is 0 Å². The van der Waals surface area contributed by atoms with Crippen LogP contribution in [0.1, 0.15) is 11.4 Å². The summed E-state index contributed by atoms with van der Waals surface area (Å²) in [6, 6.07) is 10.3. The highest BCUT2D eigenvalue weighted by atomic mass is 14.9. The summed E-state index contributed by atoms with van der Waals surface area (Å²) in [6.45, 7) is 2.78. The molecule has 1 aromatic heterocycles. The Morgan fingerprint density at radius 3 is 2.88 bits per heavy atom. The first-order valence-corrected chi connectivity index (χ1v) is 5.33. The van der Waals surface area contributed by atoms with Gasteiger partial charge in [0.1, 0.15) is 5.82 Å². The van der Waals surface area contributed by atoms with Gasteiger partial charge in [-0.1, -0.05) is 23.8 Å². The van der Waals surface area contributed by atoms with Gasteiger partial charge in [-0.25, -0.2) is 9.97 Å². The number of nitrogens with one attached hydrogen (secondary N) is 1. The number of aromatic nitrogens is 2. The predicted molar refractivity (Wildman–Crippen MR) is 65.0 cm³/mol. The van der Waals surface area contributed by atoms with Crippen LogP contribution in [0.25, 0.3) is 11.3 Å². The van der Waals surface area contributed by atoms with Crippen molar-refractivity contribution in [2.24, 2.45) is 0 Å². The van der Waals surface area contributed by atoms with E-state index in [0.29, 0.717) is 6.54 Å². The molecular formula is C13H15N3. The lowest BCUT2D eigenvalue weighted by atomic mass is 10.1. The van der Waals surface area contributed by atoms with E-state index in [0.717, 1.165) is 17.1 Å². The Morgan fingerprint density at radius 2 is 2.12 bits per heavy atom. The smallest absolute Gasteiger partial charge is 0.142 e. The summed E-state index contributed by atoms with van der Waals surface area (Å²) < 4.78 is 0. The van der Waals surface area contributed by atoms with E-state index < -0.39 is 0 Å². The predicted octanol–water partition coefficient (Wildman–Crippen LogP) is 2.17. The Kier molecular flexibility index (Phi) is 3.27. The molecule has 0 bridgehead atoms. The van der Waals surface area contributed by atoms with Crippen molar-refractivity contribution in [3.63, 3.8) is 0 Å². The molecule has 0 fully saturated rings. The van der Waals surface area contributed by atoms with Gasteiger partial charge in [0.25, 0.3) is 0 Å². The van der Waals surface area contributed by atoms with Crippen LogP contribution in [-0.4, -0.2) is 17.0 Å². The number of aryl methyl sites for hydroxylation is 1. The highest BCUT2D eigenvalue weighted by Crippen LogP contribution is 2.17. The van der Waals surface area contributed by atoms with Gasteiger partial charge in [-0.05, 0) is 26.1 Å². The lowest BCUT2D eigenvalue weighted by Gasteiger charge is -2.04. The molecule has 0 spiro atoms. The van der Waals surface area contributed by atoms with E-state index in [9.17, 15) is 0 Å². The molecule has 0 saturated heterocycles. The van der Waals surface area contributed by atoms with Crippen molar-refractivity contribution in [2.75, 3.05) is 7.05 Å². The summed E-state index contributed by atoms with van der Waals surface area (Å²) in [5, 5.41) is 3.05. The number of benzene rings is 1. The van der Waals surface area contributed by atoms with Crippen LogP contribution in [-0.2, 0) is 6.54 Å². The van der Waals surface area contributed by atoms with Gasteiger partial charge in [0.15, 0.2) is 0 Å². The van der Waals surface area contributed by atoms with Gasteiger partial charge >= 0.3 is 0 Å². The molecule has 0 atom stereocenters. The van der Waals surface area contributed by atoms with Gasteiger partial charge in [0, 0.05) is 11.8 Å². The van der Waals surface area contributed by atoms with E-state index in [2.05, 4.69) is 40.4 Å². The molecule has 1 aromatic carbocycles. The summed E-state index contributed by atoms with van der Waals surface area (Å²) in [5.41, 5.74) is 3.36. The summed E-state index contributed by atoms with van der Waals surface area (Å²) in [6.07, 6.45) is 1.80. The molecule has 0 aliphatic rings. The minimum Gasteiger partial charge on any atom is -0.313 e. The normalized spacial score (nSPS) is 10.4. The van der Waals surface area contributed by atoms with Crippen LogP contribution in [0.5, 0.6) is 0 Å². The van der Waals surface area contributed by atoms with E-state index in [4.69, 9.17) is 0 Å². The van der Waals surface area contributed by atoms with Crippen LogP contribution in [0.15, 0.2) is 36.5 Å². The fourth-order valence-electron chi connectivity index (χ4n) is 1.61. The highest BCUT2D eigenvalue weighted by molar-refractivity contribution is 5.59. The lowest BCUT2D eigenvalue weighted by Crippen LogP contribution is -2.09. The first kappa shape index (κ1) is 10.8. The monoisotopic (exact) mass is 213 g/mol. The van der Waals surface area contributed by atoms with Crippen molar-refractivity contribution in [2.45, 2.75) is 13.5 Å². The Bertz CT molecular complexity index is 480.